The molecule has 0 spiro atoms. The minimum atomic E-state index is -0.249. The third-order valence-corrected chi connectivity index (χ3v) is 5.22. The summed E-state index contributed by atoms with van der Waals surface area (Å²) in [5.74, 6) is 0.606. The number of fused-ring (bicyclic) bond motifs is 1. The first-order valence-corrected chi connectivity index (χ1v) is 8.45. The van der Waals surface area contributed by atoms with Crippen molar-refractivity contribution in [1.29, 1.82) is 0 Å². The zero-order valence-corrected chi connectivity index (χ0v) is 14.7. The number of halogens is 1. The van der Waals surface area contributed by atoms with Gasteiger partial charge in [0.1, 0.15) is 5.75 Å². The molecular formula is C17H22ClN3O3. The van der Waals surface area contributed by atoms with E-state index in [-0.39, 0.29) is 23.3 Å². The second-order valence-corrected chi connectivity index (χ2v) is 6.95. The van der Waals surface area contributed by atoms with Gasteiger partial charge in [0.05, 0.1) is 18.2 Å². The van der Waals surface area contributed by atoms with Gasteiger partial charge in [-0.2, -0.15) is 0 Å². The average Bonchev–Trinajstić information content (AvgIpc) is 2.95. The van der Waals surface area contributed by atoms with Crippen LogP contribution in [-0.4, -0.2) is 55.5 Å². The highest BCUT2D eigenvalue weighted by molar-refractivity contribution is 6.31. The first-order chi connectivity index (χ1) is 11.4. The Morgan fingerprint density at radius 3 is 2.96 bits per heavy atom. The van der Waals surface area contributed by atoms with E-state index < -0.39 is 0 Å². The number of hydrogen-bond donors (Lipinski definition) is 2. The van der Waals surface area contributed by atoms with Crippen LogP contribution in [-0.2, 0) is 4.79 Å². The van der Waals surface area contributed by atoms with Gasteiger partial charge in [-0.3, -0.25) is 9.59 Å². The largest absolute Gasteiger partial charge is 0.496 e. The minimum Gasteiger partial charge on any atom is -0.496 e. The summed E-state index contributed by atoms with van der Waals surface area (Å²) in [5.41, 5.74) is 0.226. The molecule has 1 aromatic rings. The summed E-state index contributed by atoms with van der Waals surface area (Å²) in [6, 6.07) is 5.06. The standard InChI is InChI=1S/C17H22ClN3O3/c1-11(22)20-17-5-6-21(9-12(17)8-19-10-17)16(23)14-7-13(18)3-4-15(14)24-2/h3-4,7,12,19H,5-6,8-10H2,1-2H3,(H,20,22)/t12-,17+/m0/s1. The van der Waals surface area contributed by atoms with Crippen molar-refractivity contribution >= 4 is 23.4 Å². The highest BCUT2D eigenvalue weighted by Crippen LogP contribution is 2.33. The lowest BCUT2D eigenvalue weighted by molar-refractivity contribution is -0.121. The lowest BCUT2D eigenvalue weighted by atomic mass is 9.80. The molecule has 2 aliphatic rings. The van der Waals surface area contributed by atoms with Gasteiger partial charge in [0, 0.05) is 44.0 Å². The van der Waals surface area contributed by atoms with E-state index in [9.17, 15) is 9.59 Å². The fraction of sp³-hybridized carbons (Fsp3) is 0.529. The summed E-state index contributed by atoms with van der Waals surface area (Å²) in [6.07, 6.45) is 0.735. The number of methoxy groups -OCH3 is 1. The Hall–Kier alpha value is -1.79. The van der Waals surface area contributed by atoms with E-state index in [1.165, 1.54) is 0 Å². The first-order valence-electron chi connectivity index (χ1n) is 8.07. The Bertz CT molecular complexity index is 666. The summed E-state index contributed by atoms with van der Waals surface area (Å²) in [6.45, 7) is 4.27. The molecule has 1 aromatic carbocycles. The minimum absolute atomic E-state index is 0.0278. The number of rotatable bonds is 3. The molecule has 0 aliphatic carbocycles. The van der Waals surface area contributed by atoms with E-state index in [4.69, 9.17) is 16.3 Å². The summed E-state index contributed by atoms with van der Waals surface area (Å²) in [4.78, 5) is 26.3. The predicted octanol–water partition coefficient (Wildman–Crippen LogP) is 1.29. The zero-order chi connectivity index (χ0) is 17.3. The molecule has 2 fully saturated rings. The van der Waals surface area contributed by atoms with Gasteiger partial charge in [0.25, 0.3) is 5.91 Å². The number of carbonyl (C=O) groups excluding carboxylic acids is 2. The summed E-state index contributed by atoms with van der Waals surface area (Å²) < 4.78 is 5.30. The number of amides is 2. The maximum atomic E-state index is 12.9. The van der Waals surface area contributed by atoms with Crippen molar-refractivity contribution in [3.63, 3.8) is 0 Å². The first kappa shape index (κ1) is 17.0. The molecule has 2 saturated heterocycles. The molecule has 6 nitrogen and oxygen atoms in total. The summed E-state index contributed by atoms with van der Waals surface area (Å²) in [5, 5.41) is 6.95. The van der Waals surface area contributed by atoms with Gasteiger partial charge >= 0.3 is 0 Å². The number of nitrogens with zero attached hydrogens (tertiary/aromatic N) is 1. The van der Waals surface area contributed by atoms with Gasteiger partial charge in [-0.05, 0) is 24.6 Å². The van der Waals surface area contributed by atoms with Crippen molar-refractivity contribution in [2.24, 2.45) is 5.92 Å². The van der Waals surface area contributed by atoms with E-state index in [0.29, 0.717) is 29.4 Å². The number of piperidine rings is 1. The number of likely N-dealkylation sites (tertiary alicyclic amines) is 1. The van der Waals surface area contributed by atoms with Crippen LogP contribution in [0, 0.1) is 5.92 Å². The van der Waals surface area contributed by atoms with Crippen molar-refractivity contribution in [1.82, 2.24) is 15.5 Å². The molecule has 0 bridgehead atoms. The molecule has 0 aromatic heterocycles. The lowest BCUT2D eigenvalue weighted by Crippen LogP contribution is -2.61. The van der Waals surface area contributed by atoms with Crippen molar-refractivity contribution in [2.45, 2.75) is 18.9 Å². The number of ether oxygens (including phenoxy) is 1. The molecule has 0 radical (unpaired) electrons. The molecule has 2 aliphatic heterocycles. The van der Waals surface area contributed by atoms with Crippen molar-refractivity contribution < 1.29 is 14.3 Å². The molecule has 2 N–H and O–H groups in total. The van der Waals surface area contributed by atoms with Crippen molar-refractivity contribution in [3.8, 4) is 5.75 Å². The summed E-state index contributed by atoms with van der Waals surface area (Å²) >= 11 is 6.04. The van der Waals surface area contributed by atoms with Crippen LogP contribution < -0.4 is 15.4 Å². The van der Waals surface area contributed by atoms with Crippen LogP contribution in [0.2, 0.25) is 5.02 Å². The molecule has 0 unspecified atom stereocenters. The van der Waals surface area contributed by atoms with Gasteiger partial charge in [-0.25, -0.2) is 0 Å². The molecule has 2 amide bonds. The number of nitrogens with one attached hydrogen (secondary N) is 2. The third kappa shape index (κ3) is 3.08. The monoisotopic (exact) mass is 351 g/mol. The second kappa shape index (κ2) is 6.61. The normalized spacial score (nSPS) is 26.0. The Kier molecular flexibility index (Phi) is 4.69. The molecule has 2 atom stereocenters. The molecule has 24 heavy (non-hydrogen) atoms. The van der Waals surface area contributed by atoms with Crippen LogP contribution >= 0.6 is 11.6 Å². The molecule has 0 saturated carbocycles. The summed E-state index contributed by atoms with van der Waals surface area (Å²) in [7, 11) is 1.54. The molecule has 130 valence electrons. The average molecular weight is 352 g/mol. The predicted molar refractivity (Wildman–Crippen MR) is 91.4 cm³/mol. The Morgan fingerprint density at radius 2 is 2.25 bits per heavy atom. The van der Waals surface area contributed by atoms with E-state index in [0.717, 1.165) is 19.5 Å². The van der Waals surface area contributed by atoms with E-state index >= 15 is 0 Å². The third-order valence-electron chi connectivity index (χ3n) is 4.99. The zero-order valence-electron chi connectivity index (χ0n) is 13.9. The fourth-order valence-electron chi connectivity index (χ4n) is 3.79. The second-order valence-electron chi connectivity index (χ2n) is 6.51. The highest BCUT2D eigenvalue weighted by atomic mass is 35.5. The van der Waals surface area contributed by atoms with Crippen LogP contribution in [0.15, 0.2) is 18.2 Å². The number of benzene rings is 1. The van der Waals surface area contributed by atoms with Crippen LogP contribution in [0.3, 0.4) is 0 Å². The van der Waals surface area contributed by atoms with Crippen LogP contribution in [0.5, 0.6) is 5.75 Å². The molecular weight excluding hydrogens is 330 g/mol. The Labute approximate surface area is 146 Å². The maximum absolute atomic E-state index is 12.9. The lowest BCUT2D eigenvalue weighted by Gasteiger charge is -2.44. The van der Waals surface area contributed by atoms with Gasteiger partial charge in [0.15, 0.2) is 0 Å². The highest BCUT2D eigenvalue weighted by Gasteiger charge is 2.47. The van der Waals surface area contributed by atoms with Crippen LogP contribution in [0.25, 0.3) is 0 Å². The maximum Gasteiger partial charge on any atom is 0.257 e. The smallest absolute Gasteiger partial charge is 0.257 e. The van der Waals surface area contributed by atoms with E-state index in [1.807, 2.05) is 4.90 Å². The van der Waals surface area contributed by atoms with Gasteiger partial charge in [-0.15, -0.1) is 0 Å². The Balaban J connectivity index is 1.80. The molecule has 3 rings (SSSR count). The number of hydrogen-bond acceptors (Lipinski definition) is 4. The van der Waals surface area contributed by atoms with E-state index in [2.05, 4.69) is 10.6 Å². The van der Waals surface area contributed by atoms with Crippen molar-refractivity contribution in [3.05, 3.63) is 28.8 Å². The van der Waals surface area contributed by atoms with Crippen molar-refractivity contribution in [2.75, 3.05) is 33.3 Å². The quantitative estimate of drug-likeness (QED) is 0.861. The van der Waals surface area contributed by atoms with Gasteiger partial charge in [-0.1, -0.05) is 11.6 Å². The molecule has 2 heterocycles. The van der Waals surface area contributed by atoms with Gasteiger partial charge in [0.2, 0.25) is 5.91 Å². The SMILES string of the molecule is COc1ccc(Cl)cc1C(=O)N1CC[C@@]2(NC(C)=O)CNC[C@H]2C1. The van der Waals surface area contributed by atoms with Crippen LogP contribution in [0.1, 0.15) is 23.7 Å². The molecule has 7 heteroatoms. The fourth-order valence-corrected chi connectivity index (χ4v) is 3.97. The topological polar surface area (TPSA) is 70.7 Å². The van der Waals surface area contributed by atoms with E-state index in [1.54, 1.807) is 32.2 Å². The van der Waals surface area contributed by atoms with Crippen LogP contribution in [0.4, 0.5) is 0 Å². The number of carbonyl (C=O) groups is 2. The Morgan fingerprint density at radius 1 is 1.46 bits per heavy atom. The van der Waals surface area contributed by atoms with Gasteiger partial charge < -0.3 is 20.3 Å².